The molecule has 1 aromatic carbocycles. The molecule has 0 aliphatic rings. The number of hydrogen-bond donors (Lipinski definition) is 2. The van der Waals surface area contributed by atoms with E-state index < -0.39 is 5.91 Å². The molecule has 128 valence electrons. The second-order valence-electron chi connectivity index (χ2n) is 5.10. The minimum atomic E-state index is -0.417. The molecule has 0 unspecified atom stereocenters. The van der Waals surface area contributed by atoms with Crippen LogP contribution in [0.2, 0.25) is 5.02 Å². The zero-order valence-corrected chi connectivity index (χ0v) is 14.2. The first-order valence-corrected chi connectivity index (χ1v) is 7.56. The van der Waals surface area contributed by atoms with E-state index in [1.807, 2.05) is 0 Å². The van der Waals surface area contributed by atoms with Crippen LogP contribution < -0.4 is 15.8 Å². The molecule has 1 amide bonds. The van der Waals surface area contributed by atoms with E-state index in [9.17, 15) is 4.79 Å². The molecule has 0 radical (unpaired) electrons. The number of aryl methyl sites for hydroxylation is 1. The number of nitrogens with two attached hydrogens (primary N) is 1. The second kappa shape index (κ2) is 6.78. The molecule has 25 heavy (non-hydrogen) atoms. The predicted molar refractivity (Wildman–Crippen MR) is 92.6 cm³/mol. The summed E-state index contributed by atoms with van der Waals surface area (Å²) in [4.78, 5) is 20.6. The highest BCUT2D eigenvalue weighted by Crippen LogP contribution is 2.33. The third-order valence-electron chi connectivity index (χ3n) is 3.46. The zero-order valence-electron chi connectivity index (χ0n) is 13.4. The quantitative estimate of drug-likeness (QED) is 0.735. The van der Waals surface area contributed by atoms with Gasteiger partial charge in [0.1, 0.15) is 23.3 Å². The van der Waals surface area contributed by atoms with E-state index in [-0.39, 0.29) is 11.6 Å². The molecule has 0 atom stereocenters. The van der Waals surface area contributed by atoms with Crippen molar-refractivity contribution in [3.63, 3.8) is 0 Å². The van der Waals surface area contributed by atoms with Crippen molar-refractivity contribution >= 4 is 29.1 Å². The van der Waals surface area contributed by atoms with Gasteiger partial charge in [0.05, 0.1) is 24.0 Å². The molecular formula is C16H14ClN5O3. The summed E-state index contributed by atoms with van der Waals surface area (Å²) in [5.41, 5.74) is 7.73. The number of anilines is 2. The maximum Gasteiger partial charge on any atom is 0.262 e. The molecule has 0 bridgehead atoms. The van der Waals surface area contributed by atoms with Crippen molar-refractivity contribution in [3.05, 3.63) is 46.9 Å². The Labute approximate surface area is 148 Å². The molecule has 0 aliphatic carbocycles. The number of amides is 1. The molecule has 3 rings (SSSR count). The van der Waals surface area contributed by atoms with Crippen molar-refractivity contribution in [1.82, 2.24) is 15.1 Å². The Hall–Kier alpha value is -3.13. The van der Waals surface area contributed by atoms with Crippen molar-refractivity contribution in [2.24, 2.45) is 0 Å². The molecule has 0 fully saturated rings. The maximum atomic E-state index is 12.1. The fourth-order valence-corrected chi connectivity index (χ4v) is 2.39. The Bertz CT molecular complexity index is 941. The molecule has 0 saturated carbocycles. The fraction of sp³-hybridized carbons (Fsp3) is 0.125. The highest BCUT2D eigenvalue weighted by molar-refractivity contribution is 6.33. The lowest BCUT2D eigenvalue weighted by atomic mass is 10.1. The highest BCUT2D eigenvalue weighted by atomic mass is 35.5. The number of aromatic nitrogens is 3. The van der Waals surface area contributed by atoms with Gasteiger partial charge in [-0.1, -0.05) is 16.8 Å². The number of rotatable bonds is 4. The molecule has 2 aromatic heterocycles. The van der Waals surface area contributed by atoms with E-state index in [1.165, 1.54) is 12.5 Å². The Morgan fingerprint density at radius 3 is 2.84 bits per heavy atom. The van der Waals surface area contributed by atoms with E-state index in [0.717, 1.165) is 0 Å². The molecule has 9 heteroatoms. The van der Waals surface area contributed by atoms with Gasteiger partial charge in [-0.2, -0.15) is 0 Å². The van der Waals surface area contributed by atoms with Crippen molar-refractivity contribution in [3.8, 4) is 17.0 Å². The van der Waals surface area contributed by atoms with Crippen LogP contribution in [0, 0.1) is 6.92 Å². The van der Waals surface area contributed by atoms with Gasteiger partial charge in [-0.05, 0) is 25.1 Å². The summed E-state index contributed by atoms with van der Waals surface area (Å²) >= 11 is 6.20. The molecule has 2 heterocycles. The standard InChI is InChI=1S/C16H14ClN5O3/c1-8-11(7-25-22-8)16(23)21-13-6-19-14(15(18)20-13)10-5-9(24-2)3-4-12(10)17/h3-7H,1-2H3,(H3,18,20,21,23). The van der Waals surface area contributed by atoms with Crippen LogP contribution in [-0.2, 0) is 0 Å². The molecule has 0 saturated heterocycles. The Morgan fingerprint density at radius 1 is 1.40 bits per heavy atom. The van der Waals surface area contributed by atoms with Crippen LogP contribution >= 0.6 is 11.6 Å². The van der Waals surface area contributed by atoms with E-state index in [1.54, 1.807) is 32.2 Å². The maximum absolute atomic E-state index is 12.1. The number of halogens is 1. The van der Waals surface area contributed by atoms with Crippen molar-refractivity contribution in [2.45, 2.75) is 6.92 Å². The lowest BCUT2D eigenvalue weighted by Crippen LogP contribution is -2.14. The third kappa shape index (κ3) is 3.38. The minimum Gasteiger partial charge on any atom is -0.497 e. The summed E-state index contributed by atoms with van der Waals surface area (Å²) in [7, 11) is 1.55. The smallest absolute Gasteiger partial charge is 0.262 e. The summed E-state index contributed by atoms with van der Waals surface area (Å²) in [6, 6.07) is 5.12. The number of nitrogens with zero attached hydrogens (tertiary/aromatic N) is 3. The summed E-state index contributed by atoms with van der Waals surface area (Å²) in [6.07, 6.45) is 2.65. The molecule has 8 nitrogen and oxygen atoms in total. The number of ether oxygens (including phenoxy) is 1. The fourth-order valence-electron chi connectivity index (χ4n) is 2.18. The van der Waals surface area contributed by atoms with E-state index >= 15 is 0 Å². The topological polar surface area (TPSA) is 116 Å². The number of nitrogen functional groups attached to an aromatic ring is 1. The monoisotopic (exact) mass is 359 g/mol. The number of carbonyl (C=O) groups is 1. The van der Waals surface area contributed by atoms with Crippen LogP contribution in [0.15, 0.2) is 35.2 Å². The number of carbonyl (C=O) groups excluding carboxylic acids is 1. The Kier molecular flexibility index (Phi) is 4.53. The number of benzene rings is 1. The normalized spacial score (nSPS) is 10.5. The molecule has 0 spiro atoms. The first-order chi connectivity index (χ1) is 12.0. The van der Waals surface area contributed by atoms with Gasteiger partial charge in [0, 0.05) is 5.56 Å². The first-order valence-electron chi connectivity index (χ1n) is 7.18. The predicted octanol–water partition coefficient (Wildman–Crippen LogP) is 2.94. The molecule has 3 N–H and O–H groups in total. The van der Waals surface area contributed by atoms with E-state index in [0.29, 0.717) is 33.3 Å². The van der Waals surface area contributed by atoms with E-state index in [4.69, 9.17) is 26.6 Å². The van der Waals surface area contributed by atoms with Gasteiger partial charge in [0.2, 0.25) is 0 Å². The van der Waals surface area contributed by atoms with Crippen LogP contribution in [0.4, 0.5) is 11.6 Å². The molecule has 0 aliphatic heterocycles. The lowest BCUT2D eigenvalue weighted by Gasteiger charge is -2.10. The van der Waals surface area contributed by atoms with Crippen molar-refractivity contribution < 1.29 is 14.1 Å². The summed E-state index contributed by atoms with van der Waals surface area (Å²) < 4.78 is 9.92. The average Bonchev–Trinajstić information content (AvgIpc) is 3.02. The van der Waals surface area contributed by atoms with Gasteiger partial charge in [-0.25, -0.2) is 9.97 Å². The summed E-state index contributed by atoms with van der Waals surface area (Å²) in [5, 5.41) is 6.70. The summed E-state index contributed by atoms with van der Waals surface area (Å²) in [6.45, 7) is 1.66. The summed E-state index contributed by atoms with van der Waals surface area (Å²) in [5.74, 6) is 0.515. The van der Waals surface area contributed by atoms with Gasteiger partial charge >= 0.3 is 0 Å². The Balaban J connectivity index is 1.89. The van der Waals surface area contributed by atoms with Crippen molar-refractivity contribution in [2.75, 3.05) is 18.2 Å². The van der Waals surface area contributed by atoms with Crippen LogP contribution in [0.25, 0.3) is 11.3 Å². The van der Waals surface area contributed by atoms with Gasteiger partial charge in [-0.3, -0.25) is 4.79 Å². The minimum absolute atomic E-state index is 0.120. The van der Waals surface area contributed by atoms with Gasteiger partial charge in [-0.15, -0.1) is 0 Å². The van der Waals surface area contributed by atoms with E-state index in [2.05, 4.69) is 20.4 Å². The number of hydrogen-bond acceptors (Lipinski definition) is 7. The third-order valence-corrected chi connectivity index (χ3v) is 3.79. The van der Waals surface area contributed by atoms with Gasteiger partial charge < -0.3 is 20.3 Å². The SMILES string of the molecule is COc1ccc(Cl)c(-c2ncc(NC(=O)c3conc3C)nc2N)c1. The molecular weight excluding hydrogens is 346 g/mol. The van der Waals surface area contributed by atoms with Crippen LogP contribution in [-0.4, -0.2) is 28.1 Å². The highest BCUT2D eigenvalue weighted by Gasteiger charge is 2.16. The zero-order chi connectivity index (χ0) is 18.0. The molecule has 3 aromatic rings. The Morgan fingerprint density at radius 2 is 2.20 bits per heavy atom. The average molecular weight is 360 g/mol. The van der Waals surface area contributed by atoms with Crippen LogP contribution in [0.1, 0.15) is 16.1 Å². The number of nitrogens with one attached hydrogen (secondary N) is 1. The van der Waals surface area contributed by atoms with Crippen molar-refractivity contribution in [1.29, 1.82) is 0 Å². The largest absolute Gasteiger partial charge is 0.497 e. The second-order valence-corrected chi connectivity index (χ2v) is 5.51. The number of methoxy groups -OCH3 is 1. The van der Waals surface area contributed by atoms with Gasteiger partial charge in [0.15, 0.2) is 11.6 Å². The first kappa shape index (κ1) is 16.7. The lowest BCUT2D eigenvalue weighted by molar-refractivity contribution is 0.102. The van der Waals surface area contributed by atoms with Crippen LogP contribution in [0.5, 0.6) is 5.75 Å². The van der Waals surface area contributed by atoms with Crippen LogP contribution in [0.3, 0.4) is 0 Å². The van der Waals surface area contributed by atoms with Gasteiger partial charge in [0.25, 0.3) is 5.91 Å².